The third-order valence-corrected chi connectivity index (χ3v) is 6.19. The smallest absolute Gasteiger partial charge is 0.199 e. The summed E-state index contributed by atoms with van der Waals surface area (Å²) in [5.74, 6) is 0. The number of hydrogen-bond donors (Lipinski definition) is 0. The Labute approximate surface area is 152 Å². The highest BCUT2D eigenvalue weighted by Crippen LogP contribution is 2.40. The molecule has 0 bridgehead atoms. The molecule has 2 nitrogen and oxygen atoms in total. The van der Waals surface area contributed by atoms with Gasteiger partial charge in [0.1, 0.15) is 0 Å². The normalized spacial score (nSPS) is 19.1. The van der Waals surface area contributed by atoms with E-state index in [9.17, 15) is 8.42 Å². The minimum absolute atomic E-state index is 0.214. The van der Waals surface area contributed by atoms with E-state index in [1.807, 2.05) is 13.0 Å². The first-order valence-electron chi connectivity index (χ1n) is 8.76. The van der Waals surface area contributed by atoms with Crippen LogP contribution >= 0.6 is 0 Å². The summed E-state index contributed by atoms with van der Waals surface area (Å²) in [4.78, 5) is 0.317. The minimum atomic E-state index is -3.38. The first-order valence-corrected chi connectivity index (χ1v) is 10.3. The van der Waals surface area contributed by atoms with E-state index in [1.54, 1.807) is 36.4 Å². The Kier molecular flexibility index (Phi) is 6.23. The molecular formula is C22H28O2S. The Morgan fingerprint density at radius 3 is 2.48 bits per heavy atom. The first kappa shape index (κ1) is 19.5. The van der Waals surface area contributed by atoms with Crippen LogP contribution in [0.1, 0.15) is 47.0 Å². The van der Waals surface area contributed by atoms with Crippen LogP contribution in [0.25, 0.3) is 0 Å². The molecule has 0 saturated carbocycles. The van der Waals surface area contributed by atoms with E-state index in [1.165, 1.54) is 35.8 Å². The molecule has 0 fully saturated rings. The molecule has 1 aromatic carbocycles. The fourth-order valence-corrected chi connectivity index (χ4v) is 4.24. The van der Waals surface area contributed by atoms with Crippen LogP contribution in [0.2, 0.25) is 0 Å². The molecule has 1 aliphatic carbocycles. The van der Waals surface area contributed by atoms with Crippen molar-refractivity contribution in [1.29, 1.82) is 0 Å². The number of sulfone groups is 1. The lowest BCUT2D eigenvalue weighted by atomic mass is 9.72. The first-order chi connectivity index (χ1) is 11.7. The predicted molar refractivity (Wildman–Crippen MR) is 106 cm³/mol. The van der Waals surface area contributed by atoms with Gasteiger partial charge in [0.25, 0.3) is 0 Å². The van der Waals surface area contributed by atoms with Gasteiger partial charge in [0.2, 0.25) is 0 Å². The lowest BCUT2D eigenvalue weighted by Crippen LogP contribution is -2.19. The minimum Gasteiger partial charge on any atom is -0.219 e. The zero-order valence-corrected chi connectivity index (χ0v) is 16.4. The van der Waals surface area contributed by atoms with Crippen molar-refractivity contribution in [2.45, 2.75) is 51.9 Å². The fourth-order valence-electron chi connectivity index (χ4n) is 3.26. The topological polar surface area (TPSA) is 34.1 Å². The van der Waals surface area contributed by atoms with Gasteiger partial charge in [0.05, 0.1) is 4.90 Å². The molecule has 0 amide bonds. The van der Waals surface area contributed by atoms with E-state index in [4.69, 9.17) is 0 Å². The molecule has 0 N–H and O–H groups in total. The van der Waals surface area contributed by atoms with Crippen LogP contribution in [0.4, 0.5) is 0 Å². The summed E-state index contributed by atoms with van der Waals surface area (Å²) >= 11 is 0. The van der Waals surface area contributed by atoms with Crippen molar-refractivity contribution in [3.63, 3.8) is 0 Å². The average Bonchev–Trinajstić information content (AvgIpc) is 2.54. The van der Waals surface area contributed by atoms with Gasteiger partial charge in [-0.15, -0.1) is 0 Å². The van der Waals surface area contributed by atoms with Gasteiger partial charge in [-0.25, -0.2) is 8.42 Å². The summed E-state index contributed by atoms with van der Waals surface area (Å²) < 4.78 is 24.4. The molecule has 25 heavy (non-hydrogen) atoms. The second-order valence-corrected chi connectivity index (χ2v) is 9.20. The lowest BCUT2D eigenvalue weighted by molar-refractivity contribution is 0.377. The number of hydrogen-bond acceptors (Lipinski definition) is 2. The van der Waals surface area contributed by atoms with Crippen LogP contribution in [0.3, 0.4) is 0 Å². The average molecular weight is 357 g/mol. The fraction of sp³-hybridized carbons (Fsp3) is 0.364. The van der Waals surface area contributed by atoms with Crippen molar-refractivity contribution < 1.29 is 8.42 Å². The molecule has 0 atom stereocenters. The van der Waals surface area contributed by atoms with Crippen molar-refractivity contribution in [3.05, 3.63) is 76.8 Å². The van der Waals surface area contributed by atoms with Crippen molar-refractivity contribution >= 4 is 9.84 Å². The van der Waals surface area contributed by atoms with Crippen molar-refractivity contribution in [2.24, 2.45) is 5.41 Å². The molecule has 0 unspecified atom stereocenters. The van der Waals surface area contributed by atoms with Gasteiger partial charge in [0.15, 0.2) is 9.84 Å². The van der Waals surface area contributed by atoms with Gasteiger partial charge in [0, 0.05) is 5.41 Å². The predicted octanol–water partition coefficient (Wildman–Crippen LogP) is 6.00. The van der Waals surface area contributed by atoms with E-state index in [0.717, 1.165) is 5.57 Å². The zero-order chi connectivity index (χ0) is 18.5. The zero-order valence-electron chi connectivity index (χ0n) is 15.6. The Balaban J connectivity index is 2.12. The summed E-state index contributed by atoms with van der Waals surface area (Å²) in [5, 5.41) is 1.26. The molecule has 0 aromatic heterocycles. The summed E-state index contributed by atoms with van der Waals surface area (Å²) in [6.07, 6.45) is 11.3. The Morgan fingerprint density at radius 2 is 1.84 bits per heavy atom. The Bertz CT molecular complexity index is 820. The van der Waals surface area contributed by atoms with E-state index in [2.05, 4.69) is 32.9 Å². The lowest BCUT2D eigenvalue weighted by Gasteiger charge is -2.32. The maximum Gasteiger partial charge on any atom is 0.199 e. The van der Waals surface area contributed by atoms with E-state index >= 15 is 0 Å². The Hall–Kier alpha value is -1.87. The van der Waals surface area contributed by atoms with Gasteiger partial charge in [-0.05, 0) is 56.2 Å². The molecule has 0 spiro atoms. The second-order valence-electron chi connectivity index (χ2n) is 7.36. The molecule has 0 aliphatic heterocycles. The van der Waals surface area contributed by atoms with E-state index < -0.39 is 9.84 Å². The standard InChI is InChI=1S/C22H28O2S/c1-18(14-15-21-19(2)11-8-16-22(21,3)4)10-9-17-25(23,24)20-12-6-5-7-13-20/h5-7,9-10,12-15,17H,8,11,16H2,1-4H3/b15-14+,17-9+,18-10+. The molecule has 0 radical (unpaired) electrons. The monoisotopic (exact) mass is 356 g/mol. The Morgan fingerprint density at radius 1 is 1.16 bits per heavy atom. The van der Waals surface area contributed by atoms with Crippen LogP contribution in [0.5, 0.6) is 0 Å². The van der Waals surface area contributed by atoms with Crippen LogP contribution < -0.4 is 0 Å². The third kappa shape index (κ3) is 5.30. The molecule has 3 heteroatoms. The summed E-state index contributed by atoms with van der Waals surface area (Å²) in [6, 6.07) is 8.48. The van der Waals surface area contributed by atoms with Crippen LogP contribution in [-0.2, 0) is 9.84 Å². The van der Waals surface area contributed by atoms with Gasteiger partial charge in [-0.3, -0.25) is 0 Å². The molecule has 1 aliphatic rings. The SMILES string of the molecule is CC1=C(/C=C/C(C)=C/C=C/S(=O)(=O)c2ccccc2)C(C)(C)CCC1. The molecule has 2 rings (SSSR count). The number of benzene rings is 1. The largest absolute Gasteiger partial charge is 0.219 e. The summed E-state index contributed by atoms with van der Waals surface area (Å²) in [6.45, 7) is 8.79. The van der Waals surface area contributed by atoms with E-state index in [-0.39, 0.29) is 5.41 Å². The van der Waals surface area contributed by atoms with Gasteiger partial charge < -0.3 is 0 Å². The van der Waals surface area contributed by atoms with Crippen molar-refractivity contribution in [3.8, 4) is 0 Å². The number of rotatable bonds is 5. The summed E-state index contributed by atoms with van der Waals surface area (Å²) in [5.41, 5.74) is 4.11. The van der Waals surface area contributed by atoms with Crippen LogP contribution in [-0.4, -0.2) is 8.42 Å². The molecule has 134 valence electrons. The number of allylic oxidation sites excluding steroid dienone is 7. The molecule has 0 heterocycles. The van der Waals surface area contributed by atoms with Gasteiger partial charge in [-0.1, -0.05) is 67.5 Å². The van der Waals surface area contributed by atoms with Crippen molar-refractivity contribution in [1.82, 2.24) is 0 Å². The highest BCUT2D eigenvalue weighted by atomic mass is 32.2. The molecule has 1 aromatic rings. The second kappa shape index (κ2) is 8.01. The molecular weight excluding hydrogens is 328 g/mol. The molecule has 0 saturated heterocycles. The van der Waals surface area contributed by atoms with Crippen LogP contribution in [0, 0.1) is 5.41 Å². The van der Waals surface area contributed by atoms with Crippen molar-refractivity contribution in [2.75, 3.05) is 0 Å². The highest BCUT2D eigenvalue weighted by Gasteiger charge is 2.26. The highest BCUT2D eigenvalue weighted by molar-refractivity contribution is 7.94. The quantitative estimate of drug-likeness (QED) is 0.606. The maximum atomic E-state index is 12.2. The maximum absolute atomic E-state index is 12.2. The van der Waals surface area contributed by atoms with Gasteiger partial charge in [-0.2, -0.15) is 0 Å². The van der Waals surface area contributed by atoms with Gasteiger partial charge >= 0.3 is 0 Å². The summed E-state index contributed by atoms with van der Waals surface area (Å²) in [7, 11) is -3.38. The van der Waals surface area contributed by atoms with Crippen LogP contribution in [0.15, 0.2) is 81.7 Å². The third-order valence-electron chi connectivity index (χ3n) is 4.74. The van der Waals surface area contributed by atoms with E-state index in [0.29, 0.717) is 4.90 Å².